The van der Waals surface area contributed by atoms with Crippen LogP contribution in [0.15, 0.2) is 95.2 Å². The second kappa shape index (κ2) is 16.0. The Morgan fingerprint density at radius 1 is 0.644 bits per heavy atom. The first-order valence-electron chi connectivity index (χ1n) is 20.0. The number of anilines is 2. The molecule has 13 heteroatoms. The number of aliphatic imine (C=N–C) groups is 2. The molecule has 2 N–H and O–H groups in total. The summed E-state index contributed by atoms with van der Waals surface area (Å²) in [6.07, 6.45) is 9.36. The normalized spacial score (nSPS) is 19.6. The molecule has 4 aromatic carbocycles. The molecule has 0 spiro atoms. The summed E-state index contributed by atoms with van der Waals surface area (Å²) in [5.74, 6) is 1.55. The lowest BCUT2D eigenvalue weighted by molar-refractivity contribution is 0.0809. The molecule has 0 unspecified atom stereocenters. The molecular weight excluding hydrogens is 747 g/mol. The number of rotatable bonds is 11. The highest BCUT2D eigenvalue weighted by Gasteiger charge is 2.35. The Kier molecular flexibility index (Phi) is 10.3. The SMILES string of the molecule is COc1cc2c(cc1OCCCOc1cc3c(cc1OC)C(=O)N1C=C(c4ccc(N5CCN(C)CC5)cc4)C[C@H]1C=N3)N=C[C@@H]1CC(c3ccc(N)cc3)=CN1C2=O. The molecule has 1 saturated heterocycles. The quantitative estimate of drug-likeness (QED) is 0.128. The number of hydrogen-bond donors (Lipinski definition) is 1. The Morgan fingerprint density at radius 3 is 1.59 bits per heavy atom. The highest BCUT2D eigenvalue weighted by molar-refractivity contribution is 6.06. The maximum atomic E-state index is 13.9. The van der Waals surface area contributed by atoms with Gasteiger partial charge in [0.2, 0.25) is 0 Å². The minimum atomic E-state index is -0.202. The van der Waals surface area contributed by atoms with E-state index in [1.807, 2.05) is 49.1 Å². The van der Waals surface area contributed by atoms with Crippen LogP contribution in [0.5, 0.6) is 23.0 Å². The summed E-state index contributed by atoms with van der Waals surface area (Å²) in [4.78, 5) is 45.4. The first-order chi connectivity index (χ1) is 28.8. The van der Waals surface area contributed by atoms with Gasteiger partial charge in [0.25, 0.3) is 11.8 Å². The van der Waals surface area contributed by atoms with Crippen LogP contribution in [0.2, 0.25) is 0 Å². The van der Waals surface area contributed by atoms with E-state index >= 15 is 0 Å². The molecule has 2 amide bonds. The molecule has 59 heavy (non-hydrogen) atoms. The molecule has 302 valence electrons. The fraction of sp³-hybridized carbons (Fsp3) is 0.304. The Hall–Kier alpha value is -6.60. The van der Waals surface area contributed by atoms with Gasteiger partial charge >= 0.3 is 0 Å². The van der Waals surface area contributed by atoms with Crippen LogP contribution in [0.1, 0.15) is 51.1 Å². The van der Waals surface area contributed by atoms with Gasteiger partial charge in [-0.25, -0.2) is 0 Å². The summed E-state index contributed by atoms with van der Waals surface area (Å²) < 4.78 is 23.6. The molecule has 2 atom stereocenters. The average Bonchev–Trinajstić information content (AvgIpc) is 3.84. The predicted octanol–water partition coefficient (Wildman–Crippen LogP) is 6.83. The van der Waals surface area contributed by atoms with Gasteiger partial charge in [-0.05, 0) is 65.7 Å². The number of amides is 2. The van der Waals surface area contributed by atoms with E-state index in [1.54, 1.807) is 48.3 Å². The number of ether oxygens (including phenoxy) is 4. The predicted molar refractivity (Wildman–Crippen MR) is 230 cm³/mol. The molecule has 9 rings (SSSR count). The van der Waals surface area contributed by atoms with Crippen molar-refractivity contribution in [2.45, 2.75) is 31.3 Å². The maximum Gasteiger partial charge on any atom is 0.260 e. The Morgan fingerprint density at radius 2 is 1.12 bits per heavy atom. The first-order valence-corrected chi connectivity index (χ1v) is 20.0. The number of nitrogens with zero attached hydrogens (tertiary/aromatic N) is 6. The third-order valence-electron chi connectivity index (χ3n) is 11.6. The minimum Gasteiger partial charge on any atom is -0.493 e. The Bertz CT molecular complexity index is 2400. The van der Waals surface area contributed by atoms with Gasteiger partial charge in [-0.1, -0.05) is 24.3 Å². The number of fused-ring (bicyclic) bond motifs is 4. The highest BCUT2D eigenvalue weighted by atomic mass is 16.5. The van der Waals surface area contributed by atoms with Gasteiger partial charge in [-0.15, -0.1) is 0 Å². The molecule has 0 bridgehead atoms. The van der Waals surface area contributed by atoms with Crippen LogP contribution in [0, 0.1) is 0 Å². The van der Waals surface area contributed by atoms with Crippen molar-refractivity contribution in [2.24, 2.45) is 9.98 Å². The van der Waals surface area contributed by atoms with Crippen molar-refractivity contribution in [3.05, 3.63) is 107 Å². The van der Waals surface area contributed by atoms with E-state index in [-0.39, 0.29) is 23.9 Å². The zero-order valence-corrected chi connectivity index (χ0v) is 33.5. The van der Waals surface area contributed by atoms with Crippen molar-refractivity contribution in [3.63, 3.8) is 0 Å². The van der Waals surface area contributed by atoms with Crippen molar-refractivity contribution in [3.8, 4) is 23.0 Å². The lowest BCUT2D eigenvalue weighted by atomic mass is 10.0. The molecule has 5 heterocycles. The summed E-state index contributed by atoms with van der Waals surface area (Å²) in [6.45, 7) is 4.77. The van der Waals surface area contributed by atoms with Crippen molar-refractivity contribution >= 4 is 58.1 Å². The second-order valence-electron chi connectivity index (χ2n) is 15.4. The van der Waals surface area contributed by atoms with Gasteiger partial charge in [-0.3, -0.25) is 19.6 Å². The van der Waals surface area contributed by atoms with E-state index in [0.29, 0.717) is 83.7 Å². The number of nitrogen functional groups attached to an aromatic ring is 1. The van der Waals surface area contributed by atoms with Gasteiger partial charge in [-0.2, -0.15) is 0 Å². The molecule has 0 aromatic heterocycles. The smallest absolute Gasteiger partial charge is 0.260 e. The van der Waals surface area contributed by atoms with Gasteiger partial charge in [0, 0.05) is 93.8 Å². The number of carbonyl (C=O) groups excluding carboxylic acids is 2. The number of benzene rings is 4. The van der Waals surface area contributed by atoms with Crippen LogP contribution >= 0.6 is 0 Å². The zero-order valence-electron chi connectivity index (χ0n) is 33.5. The number of likely N-dealkylation sites (N-methyl/N-ethyl adjacent to an activating group) is 1. The summed E-state index contributed by atoms with van der Waals surface area (Å²) in [7, 11) is 5.26. The van der Waals surface area contributed by atoms with Crippen molar-refractivity contribution < 1.29 is 28.5 Å². The second-order valence-corrected chi connectivity index (χ2v) is 15.4. The van der Waals surface area contributed by atoms with E-state index in [1.165, 1.54) is 5.69 Å². The summed E-state index contributed by atoms with van der Waals surface area (Å²) in [5, 5.41) is 0. The monoisotopic (exact) mass is 793 g/mol. The average molecular weight is 794 g/mol. The summed E-state index contributed by atoms with van der Waals surface area (Å²) in [5.41, 5.74) is 14.0. The lowest BCUT2D eigenvalue weighted by Gasteiger charge is -2.34. The fourth-order valence-corrected chi connectivity index (χ4v) is 8.21. The topological polar surface area (TPSA) is 135 Å². The number of hydrogen-bond acceptors (Lipinski definition) is 11. The van der Waals surface area contributed by atoms with Crippen LogP contribution in [0.3, 0.4) is 0 Å². The molecule has 4 aromatic rings. The molecule has 0 radical (unpaired) electrons. The van der Waals surface area contributed by atoms with Gasteiger partial charge in [0.15, 0.2) is 23.0 Å². The zero-order chi connectivity index (χ0) is 40.6. The maximum absolute atomic E-state index is 13.9. The van der Waals surface area contributed by atoms with Crippen LogP contribution in [-0.4, -0.2) is 112 Å². The van der Waals surface area contributed by atoms with Crippen molar-refractivity contribution in [2.75, 3.05) is 71.3 Å². The third-order valence-corrected chi connectivity index (χ3v) is 11.6. The van der Waals surface area contributed by atoms with E-state index in [2.05, 4.69) is 41.1 Å². The molecule has 5 aliphatic heterocycles. The Balaban J connectivity index is 0.824. The van der Waals surface area contributed by atoms with E-state index < -0.39 is 0 Å². The van der Waals surface area contributed by atoms with E-state index in [9.17, 15) is 9.59 Å². The van der Waals surface area contributed by atoms with E-state index in [4.69, 9.17) is 34.7 Å². The van der Waals surface area contributed by atoms with Crippen molar-refractivity contribution in [1.29, 1.82) is 0 Å². The highest BCUT2D eigenvalue weighted by Crippen LogP contribution is 2.42. The number of carbonyl (C=O) groups is 2. The fourth-order valence-electron chi connectivity index (χ4n) is 8.21. The molecular formula is C46H47N7O6. The standard InChI is InChI=1S/C46H47N7O6/c1-50-13-15-51(16-14-50)34-11-7-30(8-12-34)32-20-36-26-49-40-24-44(42(57-3)22-38(40)46(55)53(36)28-32)59-18-4-17-58-43-23-39-37(21-41(43)56-2)45(54)52-27-31(19-35(52)25-48-39)29-5-9-33(47)10-6-29/h5-12,21-28,35-36H,4,13-20,47H2,1-3H3/t35-,36-/m0/s1. The number of piperazine rings is 1. The van der Waals surface area contributed by atoms with Gasteiger partial charge in [0.1, 0.15) is 0 Å². The van der Waals surface area contributed by atoms with Gasteiger partial charge < -0.3 is 44.3 Å². The number of nitrogens with two attached hydrogens (primary N) is 1. The first kappa shape index (κ1) is 37.9. The van der Waals surface area contributed by atoms with Gasteiger partial charge in [0.05, 0.1) is 62.0 Å². The van der Waals surface area contributed by atoms with E-state index in [0.717, 1.165) is 48.5 Å². The molecule has 5 aliphatic rings. The van der Waals surface area contributed by atoms with Crippen LogP contribution < -0.4 is 29.6 Å². The molecule has 0 saturated carbocycles. The van der Waals surface area contributed by atoms with Crippen LogP contribution in [0.25, 0.3) is 11.1 Å². The minimum absolute atomic E-state index is 0.134. The van der Waals surface area contributed by atoms with Crippen LogP contribution in [0.4, 0.5) is 22.7 Å². The largest absolute Gasteiger partial charge is 0.493 e. The molecule has 0 aliphatic carbocycles. The van der Waals surface area contributed by atoms with Crippen molar-refractivity contribution in [1.82, 2.24) is 14.7 Å². The Labute approximate surface area is 343 Å². The number of methoxy groups -OCH3 is 2. The molecule has 1 fully saturated rings. The summed E-state index contributed by atoms with van der Waals surface area (Å²) in [6, 6.07) is 22.8. The summed E-state index contributed by atoms with van der Waals surface area (Å²) >= 11 is 0. The van der Waals surface area contributed by atoms with Crippen LogP contribution in [-0.2, 0) is 0 Å². The third kappa shape index (κ3) is 7.49. The lowest BCUT2D eigenvalue weighted by Crippen LogP contribution is -2.44. The molecule has 13 nitrogen and oxygen atoms in total.